The van der Waals surface area contributed by atoms with Gasteiger partial charge in [-0.1, -0.05) is 11.2 Å². The highest BCUT2D eigenvalue weighted by Crippen LogP contribution is 2.08. The number of guanidine groups is 1. The van der Waals surface area contributed by atoms with Crippen molar-refractivity contribution >= 4 is 17.7 Å². The third-order valence-corrected chi connectivity index (χ3v) is 4.66. The summed E-state index contributed by atoms with van der Waals surface area (Å²) in [4.78, 5) is 25.6. The molecule has 1 saturated heterocycles. The number of rotatable bonds is 7. The minimum absolute atomic E-state index is 0.0848. The van der Waals surface area contributed by atoms with Crippen molar-refractivity contribution in [2.24, 2.45) is 4.99 Å². The third-order valence-electron chi connectivity index (χ3n) is 4.66. The maximum Gasteiger partial charge on any atom is 0.227 e. The molecule has 9 nitrogen and oxygen atoms in total. The van der Waals surface area contributed by atoms with Crippen molar-refractivity contribution in [2.75, 3.05) is 44.6 Å². The van der Waals surface area contributed by atoms with E-state index in [1.54, 1.807) is 18.5 Å². The highest BCUT2D eigenvalue weighted by atomic mass is 16.5. The van der Waals surface area contributed by atoms with E-state index in [9.17, 15) is 4.79 Å². The fourth-order valence-corrected chi connectivity index (χ4v) is 3.10. The maximum absolute atomic E-state index is 12.1. The van der Waals surface area contributed by atoms with Crippen molar-refractivity contribution in [3.05, 3.63) is 41.9 Å². The molecule has 3 rings (SSSR count). The Bertz CT molecular complexity index is 782. The monoisotopic (exact) mass is 399 g/mol. The molecule has 1 fully saturated rings. The summed E-state index contributed by atoms with van der Waals surface area (Å²) >= 11 is 0. The first-order valence-electron chi connectivity index (χ1n) is 10.0. The molecule has 0 bridgehead atoms. The molecule has 0 unspecified atom stereocenters. The second-order valence-electron chi connectivity index (χ2n) is 7.01. The number of anilines is 1. The zero-order valence-corrected chi connectivity index (χ0v) is 17.1. The van der Waals surface area contributed by atoms with Gasteiger partial charge in [-0.25, -0.2) is 4.98 Å². The number of hydrogen-bond acceptors (Lipinski definition) is 6. The lowest BCUT2D eigenvalue weighted by Gasteiger charge is -2.36. The molecule has 9 heteroatoms. The van der Waals surface area contributed by atoms with Crippen LogP contribution in [0.1, 0.15) is 24.6 Å². The molecule has 29 heavy (non-hydrogen) atoms. The van der Waals surface area contributed by atoms with Crippen LogP contribution in [0, 0.1) is 6.92 Å². The number of nitrogens with zero attached hydrogens (tertiary/aromatic N) is 5. The number of pyridine rings is 1. The topological polar surface area (TPSA) is 98.9 Å². The summed E-state index contributed by atoms with van der Waals surface area (Å²) in [6, 6.07) is 5.63. The van der Waals surface area contributed by atoms with Crippen LogP contribution in [0.15, 0.2) is 40.2 Å². The van der Waals surface area contributed by atoms with Gasteiger partial charge >= 0.3 is 0 Å². The Labute approximate surface area is 171 Å². The Morgan fingerprint density at radius 1 is 1.24 bits per heavy atom. The fourth-order valence-electron chi connectivity index (χ4n) is 3.10. The van der Waals surface area contributed by atoms with Crippen molar-refractivity contribution in [3.8, 4) is 0 Å². The van der Waals surface area contributed by atoms with E-state index in [1.165, 1.54) is 0 Å². The smallest absolute Gasteiger partial charge is 0.227 e. The van der Waals surface area contributed by atoms with Gasteiger partial charge in [-0.05, 0) is 25.5 Å². The lowest BCUT2D eigenvalue weighted by molar-refractivity contribution is -0.116. The third kappa shape index (κ3) is 6.56. The van der Waals surface area contributed by atoms with Gasteiger partial charge < -0.3 is 20.1 Å². The summed E-state index contributed by atoms with van der Waals surface area (Å²) in [5.74, 6) is 1.34. The minimum atomic E-state index is -0.0848. The van der Waals surface area contributed by atoms with E-state index >= 15 is 0 Å². The van der Waals surface area contributed by atoms with Crippen LogP contribution in [0.5, 0.6) is 0 Å². The standard InChI is InChI=1S/C20H29N7O2/c1-3-21-20(22-8-6-19(28)24-18-5-4-16(2)14-23-18)27-11-9-26(10-12-27)15-17-7-13-29-25-17/h4-5,7,13-14H,3,6,8-12,15H2,1-2H3,(H,21,22)(H,23,24,28). The van der Waals surface area contributed by atoms with Crippen LogP contribution in [0.2, 0.25) is 0 Å². The van der Waals surface area contributed by atoms with Crippen molar-refractivity contribution in [3.63, 3.8) is 0 Å². The predicted octanol–water partition coefficient (Wildman–Crippen LogP) is 1.49. The quantitative estimate of drug-likeness (QED) is 0.538. The van der Waals surface area contributed by atoms with E-state index in [-0.39, 0.29) is 5.91 Å². The van der Waals surface area contributed by atoms with E-state index in [1.807, 2.05) is 26.0 Å². The van der Waals surface area contributed by atoms with Gasteiger partial charge in [0.15, 0.2) is 5.96 Å². The molecule has 1 aliphatic heterocycles. The molecular weight excluding hydrogens is 370 g/mol. The number of nitrogens with one attached hydrogen (secondary N) is 2. The van der Waals surface area contributed by atoms with Crippen molar-refractivity contribution < 1.29 is 9.32 Å². The first-order chi connectivity index (χ1) is 14.1. The number of piperazine rings is 1. The first-order valence-corrected chi connectivity index (χ1v) is 10.0. The van der Waals surface area contributed by atoms with Crippen molar-refractivity contribution in [1.29, 1.82) is 0 Å². The van der Waals surface area contributed by atoms with Crippen LogP contribution in [0.4, 0.5) is 5.82 Å². The normalized spacial score (nSPS) is 15.4. The molecule has 0 aromatic carbocycles. The number of aliphatic imine (C=N–C) groups is 1. The highest BCUT2D eigenvalue weighted by Gasteiger charge is 2.20. The Kier molecular flexibility index (Phi) is 7.57. The molecule has 0 spiro atoms. The van der Waals surface area contributed by atoms with E-state index in [4.69, 9.17) is 4.52 Å². The van der Waals surface area contributed by atoms with Gasteiger partial charge in [-0.2, -0.15) is 0 Å². The lowest BCUT2D eigenvalue weighted by atomic mass is 10.3. The zero-order chi connectivity index (χ0) is 20.5. The SMILES string of the molecule is CCNC(=NCCC(=O)Nc1ccc(C)cn1)N1CCN(Cc2ccon2)CC1. The van der Waals surface area contributed by atoms with Crippen molar-refractivity contribution in [2.45, 2.75) is 26.8 Å². The molecule has 0 aliphatic carbocycles. The number of amides is 1. The van der Waals surface area contributed by atoms with Crippen LogP contribution in [0.25, 0.3) is 0 Å². The largest absolute Gasteiger partial charge is 0.364 e. The molecule has 1 amide bonds. The average molecular weight is 399 g/mol. The summed E-state index contributed by atoms with van der Waals surface area (Å²) < 4.78 is 4.90. The van der Waals surface area contributed by atoms with Crippen LogP contribution in [-0.2, 0) is 11.3 Å². The number of aryl methyl sites for hydroxylation is 1. The predicted molar refractivity (Wildman–Crippen MR) is 112 cm³/mol. The summed E-state index contributed by atoms with van der Waals surface area (Å²) in [6.45, 7) is 9.64. The number of carbonyl (C=O) groups excluding carboxylic acids is 1. The van der Waals surface area contributed by atoms with Gasteiger partial charge in [-0.15, -0.1) is 0 Å². The summed E-state index contributed by atoms with van der Waals surface area (Å²) in [5.41, 5.74) is 2.01. The fraction of sp³-hybridized carbons (Fsp3) is 0.500. The Morgan fingerprint density at radius 3 is 2.72 bits per heavy atom. The van der Waals surface area contributed by atoms with Gasteiger partial charge in [0, 0.05) is 58.0 Å². The number of carbonyl (C=O) groups is 1. The summed E-state index contributed by atoms with van der Waals surface area (Å²) in [7, 11) is 0. The van der Waals surface area contributed by atoms with E-state index in [0.29, 0.717) is 18.8 Å². The highest BCUT2D eigenvalue weighted by molar-refractivity contribution is 5.90. The molecule has 0 atom stereocenters. The van der Waals surface area contributed by atoms with Gasteiger partial charge in [0.25, 0.3) is 0 Å². The molecule has 2 aromatic heterocycles. The van der Waals surface area contributed by atoms with E-state index < -0.39 is 0 Å². The Morgan fingerprint density at radius 2 is 2.07 bits per heavy atom. The molecule has 156 valence electrons. The van der Waals surface area contributed by atoms with E-state index in [0.717, 1.165) is 56.5 Å². The first kappa shape index (κ1) is 20.8. The van der Waals surface area contributed by atoms with Gasteiger partial charge in [0.05, 0.1) is 12.2 Å². The molecule has 0 saturated carbocycles. The molecule has 0 radical (unpaired) electrons. The number of aromatic nitrogens is 2. The zero-order valence-electron chi connectivity index (χ0n) is 17.1. The minimum Gasteiger partial charge on any atom is -0.364 e. The van der Waals surface area contributed by atoms with Gasteiger partial charge in [0.1, 0.15) is 12.1 Å². The maximum atomic E-state index is 12.1. The Hall–Kier alpha value is -2.94. The number of hydrogen-bond donors (Lipinski definition) is 2. The van der Waals surface area contributed by atoms with Gasteiger partial charge in [-0.3, -0.25) is 14.7 Å². The second kappa shape index (κ2) is 10.6. The molecule has 2 N–H and O–H groups in total. The van der Waals surface area contributed by atoms with Crippen LogP contribution in [-0.4, -0.2) is 71.1 Å². The summed E-state index contributed by atoms with van der Waals surface area (Å²) in [6.07, 6.45) is 3.66. The van der Waals surface area contributed by atoms with Crippen LogP contribution in [0.3, 0.4) is 0 Å². The van der Waals surface area contributed by atoms with Gasteiger partial charge in [0.2, 0.25) is 5.91 Å². The molecule has 3 heterocycles. The van der Waals surface area contributed by atoms with Crippen LogP contribution >= 0.6 is 0 Å². The molecular formula is C20H29N7O2. The molecule has 2 aromatic rings. The molecule has 1 aliphatic rings. The summed E-state index contributed by atoms with van der Waals surface area (Å²) in [5, 5.41) is 10.1. The second-order valence-corrected chi connectivity index (χ2v) is 7.01. The Balaban J connectivity index is 1.45. The average Bonchev–Trinajstić information content (AvgIpc) is 3.23. The van der Waals surface area contributed by atoms with Crippen molar-refractivity contribution in [1.82, 2.24) is 25.3 Å². The lowest BCUT2D eigenvalue weighted by Crippen LogP contribution is -2.52. The van der Waals surface area contributed by atoms with Crippen LogP contribution < -0.4 is 10.6 Å². The van der Waals surface area contributed by atoms with E-state index in [2.05, 4.69) is 35.6 Å².